The van der Waals surface area contributed by atoms with Crippen LogP contribution in [0.2, 0.25) is 0 Å². The average Bonchev–Trinajstić information content (AvgIpc) is 3.21. The minimum Gasteiger partial charge on any atom is -0.504 e. The summed E-state index contributed by atoms with van der Waals surface area (Å²) in [7, 11) is -0.259. The second-order valence-corrected chi connectivity index (χ2v) is 12.5. The third kappa shape index (κ3) is 6.30. The minimum absolute atomic E-state index is 0.0161. The van der Waals surface area contributed by atoms with Crippen LogP contribution in [0.15, 0.2) is 53.1 Å². The van der Waals surface area contributed by atoms with E-state index in [1.54, 1.807) is 18.2 Å². The van der Waals surface area contributed by atoms with Gasteiger partial charge in [0.2, 0.25) is 11.8 Å². The number of nitrogens with zero attached hydrogens (tertiary/aromatic N) is 1. The molecule has 4 rings (SSSR count). The van der Waals surface area contributed by atoms with Crippen molar-refractivity contribution in [3.8, 4) is 11.5 Å². The second-order valence-electron chi connectivity index (χ2n) is 11.3. The van der Waals surface area contributed by atoms with Gasteiger partial charge in [-0.05, 0) is 95.6 Å². The first-order valence-corrected chi connectivity index (χ1v) is 15.1. The third-order valence-electron chi connectivity index (χ3n) is 8.30. The van der Waals surface area contributed by atoms with Crippen LogP contribution in [-0.2, 0) is 9.59 Å². The fourth-order valence-corrected chi connectivity index (χ4v) is 6.86. The lowest BCUT2D eigenvalue weighted by molar-refractivity contribution is -0.123. The molecular weight excluding hydrogens is 652 g/mol. The number of hydrogen-bond acceptors (Lipinski definition) is 8. The molecule has 2 amide bonds. The molecule has 5 N–H and O–H groups in total. The Balaban J connectivity index is 1.60. The molecule has 0 saturated carbocycles. The number of carbonyl (C=O) groups is 2. The van der Waals surface area contributed by atoms with E-state index in [-0.39, 0.29) is 22.8 Å². The number of allylic oxidation sites excluding steroid dienone is 2. The molecule has 0 spiro atoms. The molecule has 1 aliphatic heterocycles. The normalized spacial score (nSPS) is 21.7. The molecular formula is C31H37BINO8. The molecule has 4 atom stereocenters. The maximum atomic E-state index is 13.7. The number of methoxy groups -OCH3 is 1. The van der Waals surface area contributed by atoms with Gasteiger partial charge in [-0.3, -0.25) is 14.5 Å². The lowest BCUT2D eigenvalue weighted by Gasteiger charge is -2.38. The fourth-order valence-electron chi connectivity index (χ4n) is 6.23. The summed E-state index contributed by atoms with van der Waals surface area (Å²) in [4.78, 5) is 28.4. The maximum Gasteiger partial charge on any atom is 0.488 e. The third-order valence-corrected chi connectivity index (χ3v) is 9.12. The molecule has 1 saturated heterocycles. The number of aliphatic hydroxyl groups excluding tert-OH is 2. The van der Waals surface area contributed by atoms with Crippen molar-refractivity contribution in [3.63, 3.8) is 0 Å². The van der Waals surface area contributed by atoms with E-state index in [0.717, 1.165) is 21.6 Å². The predicted octanol–water partition coefficient (Wildman–Crippen LogP) is 3.00. The lowest BCUT2D eigenvalue weighted by Crippen LogP contribution is -2.40. The first-order chi connectivity index (χ1) is 19.9. The number of aliphatic hydroxyl groups is 2. The van der Waals surface area contributed by atoms with Gasteiger partial charge in [-0.1, -0.05) is 43.2 Å². The van der Waals surface area contributed by atoms with E-state index in [1.165, 1.54) is 19.2 Å². The number of fused-ring (bicyclic) bond motifs is 1. The van der Waals surface area contributed by atoms with E-state index < -0.39 is 49.4 Å². The van der Waals surface area contributed by atoms with Gasteiger partial charge in [0.1, 0.15) is 0 Å². The number of rotatable bonds is 10. The van der Waals surface area contributed by atoms with Crippen LogP contribution in [-0.4, -0.2) is 64.1 Å². The molecule has 2 aromatic carbocycles. The maximum absolute atomic E-state index is 13.7. The van der Waals surface area contributed by atoms with E-state index in [9.17, 15) is 35.0 Å². The van der Waals surface area contributed by atoms with Crippen LogP contribution in [0.4, 0.5) is 5.69 Å². The van der Waals surface area contributed by atoms with Crippen molar-refractivity contribution in [2.75, 3.05) is 18.6 Å². The average molecular weight is 689 g/mol. The number of imide groups is 1. The zero-order valence-electron chi connectivity index (χ0n) is 24.1. The Labute approximate surface area is 259 Å². The Morgan fingerprint density at radius 2 is 1.90 bits per heavy atom. The molecule has 1 fully saturated rings. The number of benzene rings is 2. The fraction of sp³-hybridized carbons (Fsp3) is 0.419. The Morgan fingerprint density at radius 3 is 2.52 bits per heavy atom. The first kappa shape index (κ1) is 32.2. The van der Waals surface area contributed by atoms with Crippen molar-refractivity contribution >= 4 is 58.7 Å². The highest BCUT2D eigenvalue weighted by atomic mass is 127. The number of hydrogen-bond donors (Lipinski definition) is 5. The van der Waals surface area contributed by atoms with E-state index >= 15 is 0 Å². The van der Waals surface area contributed by atoms with Crippen molar-refractivity contribution in [3.05, 3.63) is 62.3 Å². The Hall–Kier alpha value is -2.71. The van der Waals surface area contributed by atoms with E-state index in [2.05, 4.69) is 0 Å². The highest BCUT2D eigenvalue weighted by molar-refractivity contribution is 14.1. The van der Waals surface area contributed by atoms with E-state index in [4.69, 9.17) is 4.74 Å². The van der Waals surface area contributed by atoms with Gasteiger partial charge >= 0.3 is 7.12 Å². The van der Waals surface area contributed by atoms with Gasteiger partial charge in [0, 0.05) is 5.92 Å². The topological polar surface area (TPSA) is 148 Å². The lowest BCUT2D eigenvalue weighted by atomic mass is 9.66. The number of ether oxygens (including phenoxy) is 1. The molecule has 11 heteroatoms. The molecule has 0 bridgehead atoms. The van der Waals surface area contributed by atoms with Gasteiger partial charge in [0.05, 0.1) is 40.9 Å². The van der Waals surface area contributed by atoms with Gasteiger partial charge in [0.15, 0.2) is 11.5 Å². The summed E-state index contributed by atoms with van der Waals surface area (Å²) in [5, 5.41) is 51.4. The predicted molar refractivity (Wildman–Crippen MR) is 169 cm³/mol. The summed E-state index contributed by atoms with van der Waals surface area (Å²) >= 11 is 2.04. The number of phenols is 1. The highest BCUT2D eigenvalue weighted by Gasteiger charge is 2.55. The molecule has 0 unspecified atom stereocenters. The quantitative estimate of drug-likeness (QED) is 0.111. The van der Waals surface area contributed by atoms with Gasteiger partial charge in [-0.25, -0.2) is 0 Å². The van der Waals surface area contributed by atoms with Crippen LogP contribution in [0, 0.1) is 27.2 Å². The number of carbonyl (C=O) groups excluding carboxylic acids is 2. The molecule has 42 heavy (non-hydrogen) atoms. The van der Waals surface area contributed by atoms with Gasteiger partial charge < -0.3 is 30.1 Å². The Kier molecular flexibility index (Phi) is 10.2. The van der Waals surface area contributed by atoms with Gasteiger partial charge in [0.25, 0.3) is 0 Å². The van der Waals surface area contributed by atoms with E-state index in [1.807, 2.05) is 55.5 Å². The summed E-state index contributed by atoms with van der Waals surface area (Å²) in [6, 6.07) is 9.59. The SMILES string of the molecule is COc1cc(/C=C(\C)CC[C@@H](O)C2=C(C(C)C)C[C@H]3C(=O)N(c4cccc(B(O)O)c4)C(=O)[C@H]3[C@H]2CO)cc(I)c1O. The van der Waals surface area contributed by atoms with Crippen LogP contribution in [0.1, 0.15) is 45.6 Å². The van der Waals surface area contributed by atoms with Crippen molar-refractivity contribution in [2.45, 2.75) is 46.1 Å². The number of amides is 2. The zero-order chi connectivity index (χ0) is 30.9. The van der Waals surface area contributed by atoms with Crippen LogP contribution in [0.5, 0.6) is 11.5 Å². The molecule has 1 aliphatic carbocycles. The number of aromatic hydroxyl groups is 1. The number of phenolic OH excluding ortho intramolecular Hbond substituents is 1. The Bertz CT molecular complexity index is 1420. The summed E-state index contributed by atoms with van der Waals surface area (Å²) in [6.07, 6.45) is 2.23. The molecule has 2 aliphatic rings. The molecule has 1 heterocycles. The summed E-state index contributed by atoms with van der Waals surface area (Å²) in [5.74, 6) is -2.65. The number of halogens is 1. The molecule has 2 aromatic rings. The van der Waals surface area contributed by atoms with Crippen LogP contribution in [0.25, 0.3) is 6.08 Å². The van der Waals surface area contributed by atoms with Crippen LogP contribution < -0.4 is 15.1 Å². The monoisotopic (exact) mass is 689 g/mol. The van der Waals surface area contributed by atoms with Crippen molar-refractivity contribution in [1.82, 2.24) is 0 Å². The first-order valence-electron chi connectivity index (χ1n) is 14.0. The summed E-state index contributed by atoms with van der Waals surface area (Å²) in [6.45, 7) is 5.51. The van der Waals surface area contributed by atoms with Gasteiger partial charge in [-0.15, -0.1) is 0 Å². The second kappa shape index (κ2) is 13.3. The zero-order valence-corrected chi connectivity index (χ0v) is 26.3. The number of anilines is 1. The van der Waals surface area contributed by atoms with Crippen LogP contribution >= 0.6 is 22.6 Å². The summed E-state index contributed by atoms with van der Waals surface area (Å²) in [5.41, 5.74) is 3.75. The Morgan fingerprint density at radius 1 is 1.19 bits per heavy atom. The van der Waals surface area contributed by atoms with Crippen LogP contribution in [0.3, 0.4) is 0 Å². The van der Waals surface area contributed by atoms with Gasteiger partial charge in [-0.2, -0.15) is 0 Å². The highest BCUT2D eigenvalue weighted by Crippen LogP contribution is 2.48. The molecule has 0 aromatic heterocycles. The van der Waals surface area contributed by atoms with Crippen molar-refractivity contribution in [2.24, 2.45) is 23.7 Å². The van der Waals surface area contributed by atoms with Crippen molar-refractivity contribution in [1.29, 1.82) is 0 Å². The minimum atomic E-state index is -1.75. The standard InChI is InChI=1S/C31H37BINO8/c1-16(2)21-14-22-28(31(39)34(30(22)38)20-7-5-6-19(13-20)32(40)41)23(15-35)27(21)25(36)9-8-17(3)10-18-11-24(33)29(37)26(12-18)42-4/h5-7,10-13,16,22-23,25,28,35-37,40-41H,8-9,14-15H2,1-4H3/b17-10+/t22-,23+,25-,28-/m1/s1. The molecule has 0 radical (unpaired) electrons. The van der Waals surface area contributed by atoms with E-state index in [0.29, 0.717) is 34.2 Å². The molecule has 9 nitrogen and oxygen atoms in total. The van der Waals surface area contributed by atoms with Crippen molar-refractivity contribution < 1.29 is 39.7 Å². The largest absolute Gasteiger partial charge is 0.504 e. The smallest absolute Gasteiger partial charge is 0.488 e. The summed E-state index contributed by atoms with van der Waals surface area (Å²) < 4.78 is 5.91. The molecule has 224 valence electrons.